The van der Waals surface area contributed by atoms with Gasteiger partial charge >= 0.3 is 5.63 Å². The summed E-state index contributed by atoms with van der Waals surface area (Å²) in [5, 5.41) is 0.251. The number of aryl methyl sites for hydroxylation is 1. The largest absolute Gasteiger partial charge is 0.422 e. The molecule has 116 valence electrons. The molecule has 2 aromatic rings. The molecule has 1 fully saturated rings. The zero-order valence-electron chi connectivity index (χ0n) is 12.5. The lowest BCUT2D eigenvalue weighted by Gasteiger charge is -2.34. The van der Waals surface area contributed by atoms with Crippen molar-refractivity contribution < 1.29 is 4.42 Å². The third-order valence-electron chi connectivity index (χ3n) is 3.84. The van der Waals surface area contributed by atoms with Gasteiger partial charge in [0.2, 0.25) is 5.82 Å². The molecule has 0 saturated carbocycles. The summed E-state index contributed by atoms with van der Waals surface area (Å²) >= 11 is 5.96. The lowest BCUT2D eigenvalue weighted by molar-refractivity contribution is 0.248. The van der Waals surface area contributed by atoms with Gasteiger partial charge in [0.15, 0.2) is 5.15 Å². The van der Waals surface area contributed by atoms with E-state index < -0.39 is 5.63 Å². The summed E-state index contributed by atoms with van der Waals surface area (Å²) < 4.78 is 5.11. The molecule has 3 rings (SSSR count). The second-order valence-corrected chi connectivity index (χ2v) is 5.78. The molecule has 1 saturated heterocycles. The zero-order chi connectivity index (χ0) is 15.5. The number of piperazine rings is 1. The molecule has 0 bridgehead atoms. The molecular formula is C16H18ClN3O2. The number of rotatable bonds is 3. The SMILES string of the molecule is Cc1oc(=O)c(N2CCN(Cc3ccccc3)CC2)nc1Cl. The molecule has 22 heavy (non-hydrogen) atoms. The van der Waals surface area contributed by atoms with Crippen molar-refractivity contribution in [3.63, 3.8) is 0 Å². The van der Waals surface area contributed by atoms with Crippen LogP contribution in [0.5, 0.6) is 0 Å². The van der Waals surface area contributed by atoms with E-state index in [-0.39, 0.29) is 5.15 Å². The first-order valence-electron chi connectivity index (χ1n) is 7.32. The minimum atomic E-state index is -0.418. The first kappa shape index (κ1) is 15.1. The lowest BCUT2D eigenvalue weighted by atomic mass is 10.2. The van der Waals surface area contributed by atoms with Crippen LogP contribution < -0.4 is 10.5 Å². The highest BCUT2D eigenvalue weighted by Gasteiger charge is 2.22. The van der Waals surface area contributed by atoms with Crippen molar-refractivity contribution in [1.29, 1.82) is 0 Å². The zero-order valence-corrected chi connectivity index (χ0v) is 13.2. The Bertz CT molecular complexity index is 694. The van der Waals surface area contributed by atoms with Crippen molar-refractivity contribution in [2.24, 2.45) is 0 Å². The number of anilines is 1. The molecule has 0 radical (unpaired) electrons. The van der Waals surface area contributed by atoms with Crippen LogP contribution in [0.2, 0.25) is 5.15 Å². The van der Waals surface area contributed by atoms with Crippen LogP contribution >= 0.6 is 11.6 Å². The molecule has 1 aromatic carbocycles. The van der Waals surface area contributed by atoms with Gasteiger partial charge in [-0.25, -0.2) is 9.78 Å². The predicted octanol–water partition coefficient (Wildman–Crippen LogP) is 2.32. The summed E-state index contributed by atoms with van der Waals surface area (Å²) in [4.78, 5) is 20.4. The predicted molar refractivity (Wildman–Crippen MR) is 86.5 cm³/mol. The van der Waals surface area contributed by atoms with Crippen LogP contribution in [0.25, 0.3) is 0 Å². The van der Waals surface area contributed by atoms with Crippen molar-refractivity contribution in [1.82, 2.24) is 9.88 Å². The van der Waals surface area contributed by atoms with Crippen molar-refractivity contribution in [3.05, 3.63) is 57.2 Å². The second kappa shape index (κ2) is 6.50. The normalized spacial score (nSPS) is 16.0. The molecule has 0 aliphatic carbocycles. The molecule has 0 atom stereocenters. The molecule has 6 heteroatoms. The van der Waals surface area contributed by atoms with E-state index in [2.05, 4.69) is 34.1 Å². The Balaban J connectivity index is 1.65. The summed E-state index contributed by atoms with van der Waals surface area (Å²) in [7, 11) is 0. The highest BCUT2D eigenvalue weighted by molar-refractivity contribution is 6.29. The van der Waals surface area contributed by atoms with Crippen LogP contribution in [0.3, 0.4) is 0 Å². The van der Waals surface area contributed by atoms with E-state index in [1.165, 1.54) is 5.56 Å². The smallest absolute Gasteiger partial charge is 0.379 e. The molecule has 1 aliphatic rings. The van der Waals surface area contributed by atoms with Crippen LogP contribution in [-0.2, 0) is 6.54 Å². The monoisotopic (exact) mass is 319 g/mol. The molecule has 2 heterocycles. The molecule has 5 nitrogen and oxygen atoms in total. The van der Waals surface area contributed by atoms with Crippen LogP contribution in [0.4, 0.5) is 5.82 Å². The van der Waals surface area contributed by atoms with Crippen molar-refractivity contribution in [3.8, 4) is 0 Å². The Morgan fingerprint density at radius 1 is 1.18 bits per heavy atom. The topological polar surface area (TPSA) is 49.6 Å². The average molecular weight is 320 g/mol. The number of halogens is 1. The van der Waals surface area contributed by atoms with Gasteiger partial charge < -0.3 is 9.32 Å². The van der Waals surface area contributed by atoms with Crippen molar-refractivity contribution in [2.75, 3.05) is 31.1 Å². The second-order valence-electron chi connectivity index (χ2n) is 5.42. The first-order chi connectivity index (χ1) is 10.6. The standard InChI is InChI=1S/C16H18ClN3O2/c1-12-14(17)18-15(16(21)22-12)20-9-7-19(8-10-20)11-13-5-3-2-4-6-13/h2-6H,7-11H2,1H3. The maximum absolute atomic E-state index is 11.9. The van der Waals surface area contributed by atoms with Gasteiger partial charge in [0, 0.05) is 32.7 Å². The Hall–Kier alpha value is -1.85. The van der Waals surface area contributed by atoms with Crippen molar-refractivity contribution >= 4 is 17.4 Å². The van der Waals surface area contributed by atoms with E-state index in [0.717, 1.165) is 32.7 Å². The van der Waals surface area contributed by atoms with Crippen LogP contribution in [-0.4, -0.2) is 36.1 Å². The fourth-order valence-corrected chi connectivity index (χ4v) is 2.72. The Morgan fingerprint density at radius 3 is 2.55 bits per heavy atom. The maximum atomic E-state index is 11.9. The molecule has 0 N–H and O–H groups in total. The Kier molecular flexibility index (Phi) is 4.45. The third kappa shape index (κ3) is 3.31. The number of nitrogens with zero attached hydrogens (tertiary/aromatic N) is 3. The van der Waals surface area contributed by atoms with Gasteiger partial charge in [0.1, 0.15) is 5.76 Å². The van der Waals surface area contributed by atoms with Gasteiger partial charge in [-0.3, -0.25) is 4.90 Å². The van der Waals surface area contributed by atoms with Gasteiger partial charge in [-0.15, -0.1) is 0 Å². The number of benzene rings is 1. The minimum Gasteiger partial charge on any atom is -0.422 e. The average Bonchev–Trinajstić information content (AvgIpc) is 2.53. The van der Waals surface area contributed by atoms with Gasteiger partial charge in [-0.05, 0) is 12.5 Å². The molecular weight excluding hydrogens is 302 g/mol. The number of hydrogen-bond acceptors (Lipinski definition) is 5. The first-order valence-corrected chi connectivity index (χ1v) is 7.70. The van der Waals surface area contributed by atoms with Crippen LogP contribution in [0.1, 0.15) is 11.3 Å². The summed E-state index contributed by atoms with van der Waals surface area (Å²) in [6.07, 6.45) is 0. The minimum absolute atomic E-state index is 0.251. The number of aromatic nitrogens is 1. The van der Waals surface area contributed by atoms with Crippen LogP contribution in [0, 0.1) is 6.92 Å². The van der Waals surface area contributed by atoms with Gasteiger partial charge in [0.05, 0.1) is 0 Å². The van der Waals surface area contributed by atoms with E-state index in [4.69, 9.17) is 16.0 Å². The molecule has 1 aromatic heterocycles. The third-order valence-corrected chi connectivity index (χ3v) is 4.19. The summed E-state index contributed by atoms with van der Waals surface area (Å²) in [6.45, 7) is 5.79. The molecule has 0 amide bonds. The summed E-state index contributed by atoms with van der Waals surface area (Å²) in [5.74, 6) is 0.674. The molecule has 1 aliphatic heterocycles. The van der Waals surface area contributed by atoms with Gasteiger partial charge in [-0.2, -0.15) is 0 Å². The quantitative estimate of drug-likeness (QED) is 0.869. The van der Waals surface area contributed by atoms with E-state index in [9.17, 15) is 4.79 Å². The summed E-state index contributed by atoms with van der Waals surface area (Å²) in [5.41, 5.74) is 0.880. The van der Waals surface area contributed by atoms with E-state index in [1.54, 1.807) is 6.92 Å². The van der Waals surface area contributed by atoms with E-state index in [1.807, 2.05) is 11.0 Å². The van der Waals surface area contributed by atoms with Gasteiger partial charge in [-0.1, -0.05) is 41.9 Å². The lowest BCUT2D eigenvalue weighted by Crippen LogP contribution is -2.47. The van der Waals surface area contributed by atoms with E-state index in [0.29, 0.717) is 11.6 Å². The van der Waals surface area contributed by atoms with E-state index >= 15 is 0 Å². The van der Waals surface area contributed by atoms with Gasteiger partial charge in [0.25, 0.3) is 0 Å². The fraction of sp³-hybridized carbons (Fsp3) is 0.375. The molecule has 0 spiro atoms. The molecule has 0 unspecified atom stereocenters. The highest BCUT2D eigenvalue weighted by atomic mass is 35.5. The van der Waals surface area contributed by atoms with Crippen molar-refractivity contribution in [2.45, 2.75) is 13.5 Å². The summed E-state index contributed by atoms with van der Waals surface area (Å²) in [6, 6.07) is 10.4. The Labute approximate surface area is 134 Å². The Morgan fingerprint density at radius 2 is 1.86 bits per heavy atom. The highest BCUT2D eigenvalue weighted by Crippen LogP contribution is 2.16. The number of hydrogen-bond donors (Lipinski definition) is 0. The fourth-order valence-electron chi connectivity index (χ4n) is 2.60. The van der Waals surface area contributed by atoms with Crippen LogP contribution in [0.15, 0.2) is 39.5 Å². The maximum Gasteiger partial charge on any atom is 0.379 e.